The van der Waals surface area contributed by atoms with Gasteiger partial charge in [-0.3, -0.25) is 9.59 Å². The number of benzene rings is 3. The van der Waals surface area contributed by atoms with Gasteiger partial charge in [-0.2, -0.15) is 0 Å². The summed E-state index contributed by atoms with van der Waals surface area (Å²) in [5.41, 5.74) is 4.25. The van der Waals surface area contributed by atoms with E-state index < -0.39 is 6.04 Å². The highest BCUT2D eigenvalue weighted by molar-refractivity contribution is 6.30. The van der Waals surface area contributed by atoms with Gasteiger partial charge in [0.25, 0.3) is 0 Å². The largest absolute Gasteiger partial charge is 0.352 e. The van der Waals surface area contributed by atoms with Gasteiger partial charge in [-0.15, -0.1) is 0 Å². The Kier molecular flexibility index (Phi) is 9.92. The Bertz CT molecular complexity index is 1080. The number of halogens is 1. The van der Waals surface area contributed by atoms with Crippen LogP contribution in [0.15, 0.2) is 78.9 Å². The van der Waals surface area contributed by atoms with E-state index in [1.807, 2.05) is 75.4 Å². The molecule has 0 spiro atoms. The molecule has 35 heavy (non-hydrogen) atoms. The molecule has 0 aliphatic carbocycles. The number of nitrogens with zero attached hydrogens (tertiary/aromatic N) is 1. The summed E-state index contributed by atoms with van der Waals surface area (Å²) in [5.74, 6) is -0.165. The lowest BCUT2D eigenvalue weighted by atomic mass is 10.0. The zero-order valence-electron chi connectivity index (χ0n) is 20.8. The molecule has 0 aromatic heterocycles. The standard InChI is InChI=1S/C30H35ClN2O2/c1-4-23(3)32-30(35)28(20-25-8-6-5-7-9-25)33(21-26-14-17-27(31)18-15-26)29(34)19-16-24-12-10-22(2)11-13-24/h5-15,17-18,23,28H,4,16,19-21H2,1-3H3,(H,32,35)/t23-,28-/m1/s1. The second-order valence-electron chi connectivity index (χ2n) is 9.16. The number of hydrogen-bond donors (Lipinski definition) is 1. The fourth-order valence-electron chi connectivity index (χ4n) is 3.93. The number of nitrogens with one attached hydrogen (secondary N) is 1. The number of amides is 2. The molecule has 3 aromatic rings. The van der Waals surface area contributed by atoms with E-state index in [-0.39, 0.29) is 17.9 Å². The quantitative estimate of drug-likeness (QED) is 0.351. The van der Waals surface area contributed by atoms with E-state index in [1.165, 1.54) is 5.56 Å². The minimum atomic E-state index is -0.618. The minimum Gasteiger partial charge on any atom is -0.352 e. The van der Waals surface area contributed by atoms with Crippen molar-refractivity contribution in [3.63, 3.8) is 0 Å². The number of carbonyl (C=O) groups excluding carboxylic acids is 2. The van der Waals surface area contributed by atoms with E-state index in [0.717, 1.165) is 23.1 Å². The molecular formula is C30H35ClN2O2. The lowest BCUT2D eigenvalue weighted by Gasteiger charge is -2.32. The molecule has 3 aromatic carbocycles. The fourth-order valence-corrected chi connectivity index (χ4v) is 4.06. The zero-order valence-corrected chi connectivity index (χ0v) is 21.6. The van der Waals surface area contributed by atoms with Crippen LogP contribution in [0, 0.1) is 6.92 Å². The number of aryl methyl sites for hydroxylation is 2. The van der Waals surface area contributed by atoms with Crippen LogP contribution in [0.2, 0.25) is 5.02 Å². The molecule has 4 nitrogen and oxygen atoms in total. The third kappa shape index (κ3) is 8.25. The van der Waals surface area contributed by atoms with Crippen LogP contribution in [0.5, 0.6) is 0 Å². The Labute approximate surface area is 214 Å². The van der Waals surface area contributed by atoms with Crippen molar-refractivity contribution in [1.82, 2.24) is 10.2 Å². The summed E-state index contributed by atoms with van der Waals surface area (Å²) in [6, 6.07) is 25.0. The Morgan fingerprint density at radius 2 is 1.51 bits per heavy atom. The van der Waals surface area contributed by atoms with Crippen LogP contribution in [0.25, 0.3) is 0 Å². The summed E-state index contributed by atoms with van der Waals surface area (Å²) in [7, 11) is 0. The van der Waals surface area contributed by atoms with Crippen molar-refractivity contribution in [3.8, 4) is 0 Å². The van der Waals surface area contributed by atoms with Crippen LogP contribution in [-0.2, 0) is 29.0 Å². The van der Waals surface area contributed by atoms with E-state index >= 15 is 0 Å². The molecule has 0 saturated carbocycles. The molecule has 184 valence electrons. The van der Waals surface area contributed by atoms with Gasteiger partial charge in [-0.25, -0.2) is 0 Å². The van der Waals surface area contributed by atoms with Crippen LogP contribution in [0.4, 0.5) is 0 Å². The average molecular weight is 491 g/mol. The summed E-state index contributed by atoms with van der Waals surface area (Å²) in [4.78, 5) is 28.9. The molecule has 3 rings (SSSR count). The highest BCUT2D eigenvalue weighted by Crippen LogP contribution is 2.19. The predicted molar refractivity (Wildman–Crippen MR) is 143 cm³/mol. The lowest BCUT2D eigenvalue weighted by molar-refractivity contribution is -0.141. The maximum absolute atomic E-state index is 13.7. The molecule has 2 atom stereocenters. The minimum absolute atomic E-state index is 0.0285. The second-order valence-corrected chi connectivity index (χ2v) is 9.59. The van der Waals surface area contributed by atoms with E-state index in [0.29, 0.717) is 30.8 Å². The summed E-state index contributed by atoms with van der Waals surface area (Å²) >= 11 is 6.09. The first kappa shape index (κ1) is 26.5. The third-order valence-corrected chi connectivity index (χ3v) is 6.54. The zero-order chi connectivity index (χ0) is 25.2. The third-order valence-electron chi connectivity index (χ3n) is 6.29. The topological polar surface area (TPSA) is 49.4 Å². The maximum atomic E-state index is 13.7. The number of hydrogen-bond acceptors (Lipinski definition) is 2. The first-order valence-electron chi connectivity index (χ1n) is 12.3. The monoisotopic (exact) mass is 490 g/mol. The van der Waals surface area contributed by atoms with Crippen molar-refractivity contribution >= 4 is 23.4 Å². The molecule has 0 fully saturated rings. The van der Waals surface area contributed by atoms with Crippen molar-refractivity contribution in [3.05, 3.63) is 106 Å². The van der Waals surface area contributed by atoms with Gasteiger partial charge >= 0.3 is 0 Å². The molecule has 0 aliphatic heterocycles. The van der Waals surface area contributed by atoms with Gasteiger partial charge in [-0.1, -0.05) is 90.8 Å². The van der Waals surface area contributed by atoms with Gasteiger partial charge in [-0.05, 0) is 55.5 Å². The SMILES string of the molecule is CC[C@@H](C)NC(=O)[C@@H](Cc1ccccc1)N(Cc1ccc(Cl)cc1)C(=O)CCc1ccc(C)cc1. The maximum Gasteiger partial charge on any atom is 0.243 e. The summed E-state index contributed by atoms with van der Waals surface area (Å²) in [6.45, 7) is 6.41. The highest BCUT2D eigenvalue weighted by Gasteiger charge is 2.30. The first-order chi connectivity index (χ1) is 16.9. The van der Waals surface area contributed by atoms with Gasteiger partial charge in [0, 0.05) is 30.5 Å². The molecule has 5 heteroatoms. The smallest absolute Gasteiger partial charge is 0.243 e. The van der Waals surface area contributed by atoms with Gasteiger partial charge in [0.05, 0.1) is 0 Å². The molecule has 0 saturated heterocycles. The molecule has 2 amide bonds. The van der Waals surface area contributed by atoms with Crippen molar-refractivity contribution in [2.75, 3.05) is 0 Å². The molecule has 0 unspecified atom stereocenters. The Morgan fingerprint density at radius 1 is 0.886 bits per heavy atom. The van der Waals surface area contributed by atoms with E-state index in [4.69, 9.17) is 11.6 Å². The Balaban J connectivity index is 1.89. The molecule has 0 aliphatic rings. The number of carbonyl (C=O) groups is 2. The van der Waals surface area contributed by atoms with Crippen LogP contribution >= 0.6 is 11.6 Å². The average Bonchev–Trinajstić information content (AvgIpc) is 2.87. The van der Waals surface area contributed by atoms with Crippen LogP contribution < -0.4 is 5.32 Å². The van der Waals surface area contributed by atoms with Crippen molar-refractivity contribution < 1.29 is 9.59 Å². The first-order valence-corrected chi connectivity index (χ1v) is 12.7. The van der Waals surface area contributed by atoms with E-state index in [9.17, 15) is 9.59 Å². The van der Waals surface area contributed by atoms with Crippen LogP contribution in [0.1, 0.15) is 48.9 Å². The van der Waals surface area contributed by atoms with Crippen molar-refractivity contribution in [2.45, 2.75) is 65.1 Å². The molecule has 0 bridgehead atoms. The molecule has 1 N–H and O–H groups in total. The normalized spacial score (nSPS) is 12.6. The van der Waals surface area contributed by atoms with Crippen molar-refractivity contribution in [2.24, 2.45) is 0 Å². The summed E-state index contributed by atoms with van der Waals surface area (Å²) in [5, 5.41) is 3.75. The molecule has 0 heterocycles. The van der Waals surface area contributed by atoms with Gasteiger partial charge in [0.1, 0.15) is 6.04 Å². The van der Waals surface area contributed by atoms with E-state index in [2.05, 4.69) is 29.6 Å². The van der Waals surface area contributed by atoms with Gasteiger partial charge in [0.15, 0.2) is 0 Å². The summed E-state index contributed by atoms with van der Waals surface area (Å²) < 4.78 is 0. The predicted octanol–water partition coefficient (Wildman–Crippen LogP) is 6.14. The van der Waals surface area contributed by atoms with Crippen molar-refractivity contribution in [1.29, 1.82) is 0 Å². The number of rotatable bonds is 11. The van der Waals surface area contributed by atoms with Gasteiger partial charge < -0.3 is 10.2 Å². The van der Waals surface area contributed by atoms with Crippen LogP contribution in [0.3, 0.4) is 0 Å². The van der Waals surface area contributed by atoms with Gasteiger partial charge in [0.2, 0.25) is 11.8 Å². The second kappa shape index (κ2) is 13.1. The highest BCUT2D eigenvalue weighted by atomic mass is 35.5. The summed E-state index contributed by atoms with van der Waals surface area (Å²) in [6.07, 6.45) is 2.23. The van der Waals surface area contributed by atoms with E-state index in [1.54, 1.807) is 4.90 Å². The van der Waals surface area contributed by atoms with Crippen LogP contribution in [-0.4, -0.2) is 28.8 Å². The fraction of sp³-hybridized carbons (Fsp3) is 0.333. The molecule has 0 radical (unpaired) electrons. The lowest BCUT2D eigenvalue weighted by Crippen LogP contribution is -2.52. The Hall–Kier alpha value is -3.11. The Morgan fingerprint density at radius 3 is 2.14 bits per heavy atom. The molecular weight excluding hydrogens is 456 g/mol.